The SMILES string of the molecule is COc1ccc(CCC(=O)N(Cc2ccc(C(N)=O)cc2)C2CC2)cc1. The fraction of sp³-hybridized carbons (Fsp3) is 0.333. The second kappa shape index (κ2) is 8.04. The first kappa shape index (κ1) is 18.0. The number of hydrogen-bond acceptors (Lipinski definition) is 3. The normalized spacial score (nSPS) is 13.3. The van der Waals surface area contributed by atoms with Gasteiger partial charge >= 0.3 is 0 Å². The topological polar surface area (TPSA) is 72.6 Å². The van der Waals surface area contributed by atoms with E-state index < -0.39 is 5.91 Å². The van der Waals surface area contributed by atoms with Crippen molar-refractivity contribution in [2.75, 3.05) is 7.11 Å². The van der Waals surface area contributed by atoms with Crippen LogP contribution in [0.25, 0.3) is 0 Å². The number of nitrogens with zero attached hydrogens (tertiary/aromatic N) is 1. The summed E-state index contributed by atoms with van der Waals surface area (Å²) in [4.78, 5) is 25.9. The minimum absolute atomic E-state index is 0.169. The van der Waals surface area contributed by atoms with Crippen LogP contribution >= 0.6 is 0 Å². The molecule has 0 radical (unpaired) electrons. The Morgan fingerprint density at radius 2 is 1.65 bits per heavy atom. The molecule has 5 heteroatoms. The quantitative estimate of drug-likeness (QED) is 0.794. The van der Waals surface area contributed by atoms with Gasteiger partial charge in [0.05, 0.1) is 7.11 Å². The summed E-state index contributed by atoms with van der Waals surface area (Å²) in [6.45, 7) is 0.575. The first-order valence-electron chi connectivity index (χ1n) is 8.88. The van der Waals surface area contributed by atoms with Gasteiger partial charge in [-0.05, 0) is 54.7 Å². The van der Waals surface area contributed by atoms with Crippen molar-refractivity contribution in [2.24, 2.45) is 5.73 Å². The number of rotatable bonds is 8. The number of ether oxygens (including phenoxy) is 1. The third-order valence-corrected chi connectivity index (χ3v) is 4.69. The van der Waals surface area contributed by atoms with E-state index in [-0.39, 0.29) is 5.91 Å². The van der Waals surface area contributed by atoms with Crippen LogP contribution in [0.4, 0.5) is 0 Å². The number of hydrogen-bond donors (Lipinski definition) is 1. The molecule has 1 saturated carbocycles. The maximum atomic E-state index is 12.7. The summed E-state index contributed by atoms with van der Waals surface area (Å²) >= 11 is 0. The summed E-state index contributed by atoms with van der Waals surface area (Å²) in [6, 6.07) is 15.3. The Kier molecular flexibility index (Phi) is 5.56. The van der Waals surface area contributed by atoms with Crippen LogP contribution in [0.3, 0.4) is 0 Å². The fourth-order valence-corrected chi connectivity index (χ4v) is 2.97. The molecule has 3 rings (SSSR count). The molecule has 1 fully saturated rings. The molecule has 1 aliphatic rings. The Balaban J connectivity index is 1.59. The highest BCUT2D eigenvalue weighted by molar-refractivity contribution is 5.92. The molecule has 0 aliphatic heterocycles. The van der Waals surface area contributed by atoms with E-state index >= 15 is 0 Å². The first-order valence-corrected chi connectivity index (χ1v) is 8.88. The van der Waals surface area contributed by atoms with Gasteiger partial charge in [-0.1, -0.05) is 24.3 Å². The molecule has 0 atom stereocenters. The van der Waals surface area contributed by atoms with Crippen molar-refractivity contribution in [1.29, 1.82) is 0 Å². The second-order valence-electron chi connectivity index (χ2n) is 6.66. The zero-order chi connectivity index (χ0) is 18.5. The minimum atomic E-state index is -0.439. The molecule has 0 unspecified atom stereocenters. The number of amides is 2. The highest BCUT2D eigenvalue weighted by Crippen LogP contribution is 2.29. The average molecular weight is 352 g/mol. The van der Waals surface area contributed by atoms with Crippen molar-refractivity contribution < 1.29 is 14.3 Å². The Morgan fingerprint density at radius 1 is 1.04 bits per heavy atom. The number of nitrogens with two attached hydrogens (primary N) is 1. The molecule has 0 spiro atoms. The number of carbonyl (C=O) groups excluding carboxylic acids is 2. The predicted octanol–water partition coefficient (Wildman–Crippen LogP) is 2.92. The molecular formula is C21H24N2O3. The molecule has 1 aliphatic carbocycles. The predicted molar refractivity (Wildman–Crippen MR) is 99.8 cm³/mol. The van der Waals surface area contributed by atoms with Gasteiger partial charge < -0.3 is 15.4 Å². The first-order chi connectivity index (χ1) is 12.6. The Bertz CT molecular complexity index is 765. The van der Waals surface area contributed by atoms with Gasteiger partial charge in [0.25, 0.3) is 0 Å². The Labute approximate surface area is 153 Å². The Hall–Kier alpha value is -2.82. The van der Waals surface area contributed by atoms with Gasteiger partial charge in [0.1, 0.15) is 5.75 Å². The monoisotopic (exact) mass is 352 g/mol. The van der Waals surface area contributed by atoms with E-state index in [2.05, 4.69) is 0 Å². The lowest BCUT2D eigenvalue weighted by Gasteiger charge is -2.23. The molecule has 136 valence electrons. The molecule has 26 heavy (non-hydrogen) atoms. The summed E-state index contributed by atoms with van der Waals surface area (Å²) in [5.41, 5.74) is 7.90. The summed E-state index contributed by atoms with van der Waals surface area (Å²) in [6.07, 6.45) is 3.33. The van der Waals surface area contributed by atoms with Gasteiger partial charge in [0.2, 0.25) is 11.8 Å². The number of methoxy groups -OCH3 is 1. The van der Waals surface area contributed by atoms with Crippen molar-refractivity contribution in [2.45, 2.75) is 38.3 Å². The largest absolute Gasteiger partial charge is 0.497 e. The van der Waals surface area contributed by atoms with Crippen LogP contribution in [0, 0.1) is 0 Å². The van der Waals surface area contributed by atoms with E-state index in [0.717, 1.165) is 29.7 Å². The van der Waals surface area contributed by atoms with Crippen LogP contribution < -0.4 is 10.5 Å². The zero-order valence-electron chi connectivity index (χ0n) is 15.0. The zero-order valence-corrected chi connectivity index (χ0v) is 15.0. The highest BCUT2D eigenvalue weighted by atomic mass is 16.5. The molecular weight excluding hydrogens is 328 g/mol. The lowest BCUT2D eigenvalue weighted by atomic mass is 10.1. The smallest absolute Gasteiger partial charge is 0.248 e. The van der Waals surface area contributed by atoms with Crippen LogP contribution in [0.15, 0.2) is 48.5 Å². The van der Waals surface area contributed by atoms with Crippen LogP contribution in [0.5, 0.6) is 5.75 Å². The molecule has 0 heterocycles. The van der Waals surface area contributed by atoms with Gasteiger partial charge in [0, 0.05) is 24.6 Å². The molecule has 2 N–H and O–H groups in total. The van der Waals surface area contributed by atoms with E-state index in [9.17, 15) is 9.59 Å². The van der Waals surface area contributed by atoms with E-state index in [1.807, 2.05) is 41.3 Å². The van der Waals surface area contributed by atoms with Gasteiger partial charge in [0.15, 0.2) is 0 Å². The van der Waals surface area contributed by atoms with Crippen LogP contribution in [-0.4, -0.2) is 29.9 Å². The lowest BCUT2D eigenvalue weighted by Crippen LogP contribution is -2.32. The third-order valence-electron chi connectivity index (χ3n) is 4.69. The molecule has 2 aromatic carbocycles. The van der Waals surface area contributed by atoms with Crippen molar-refractivity contribution in [1.82, 2.24) is 4.90 Å². The second-order valence-corrected chi connectivity index (χ2v) is 6.66. The van der Waals surface area contributed by atoms with Gasteiger partial charge in [-0.3, -0.25) is 9.59 Å². The van der Waals surface area contributed by atoms with E-state index in [1.54, 1.807) is 19.2 Å². The fourth-order valence-electron chi connectivity index (χ4n) is 2.97. The summed E-state index contributed by atoms with van der Waals surface area (Å²) < 4.78 is 5.16. The number of carbonyl (C=O) groups is 2. The van der Waals surface area contributed by atoms with Gasteiger partial charge in [-0.15, -0.1) is 0 Å². The minimum Gasteiger partial charge on any atom is -0.497 e. The third kappa shape index (κ3) is 4.63. The molecule has 5 nitrogen and oxygen atoms in total. The summed E-state index contributed by atoms with van der Waals surface area (Å²) in [5.74, 6) is 0.549. The van der Waals surface area contributed by atoms with Crippen molar-refractivity contribution in [3.63, 3.8) is 0 Å². The molecule has 0 bridgehead atoms. The van der Waals surface area contributed by atoms with Gasteiger partial charge in [-0.25, -0.2) is 0 Å². The van der Waals surface area contributed by atoms with Crippen LogP contribution in [-0.2, 0) is 17.8 Å². The number of aryl methyl sites for hydroxylation is 1. The van der Waals surface area contributed by atoms with Crippen LogP contribution in [0.2, 0.25) is 0 Å². The molecule has 2 aromatic rings. The number of benzene rings is 2. The van der Waals surface area contributed by atoms with Crippen molar-refractivity contribution in [3.8, 4) is 5.75 Å². The van der Waals surface area contributed by atoms with E-state index in [0.29, 0.717) is 31.0 Å². The lowest BCUT2D eigenvalue weighted by molar-refractivity contribution is -0.132. The van der Waals surface area contributed by atoms with E-state index in [1.165, 1.54) is 0 Å². The highest BCUT2D eigenvalue weighted by Gasteiger charge is 2.32. The van der Waals surface area contributed by atoms with Crippen LogP contribution in [0.1, 0.15) is 40.7 Å². The molecule has 0 aromatic heterocycles. The molecule has 0 saturated heterocycles. The van der Waals surface area contributed by atoms with Gasteiger partial charge in [-0.2, -0.15) is 0 Å². The Morgan fingerprint density at radius 3 is 2.19 bits per heavy atom. The summed E-state index contributed by atoms with van der Waals surface area (Å²) in [5, 5.41) is 0. The van der Waals surface area contributed by atoms with Crippen molar-refractivity contribution in [3.05, 3.63) is 65.2 Å². The maximum absolute atomic E-state index is 12.7. The standard InChI is InChI=1S/C21H24N2O3/c1-26-19-11-4-15(5-12-19)6-13-20(24)23(18-9-10-18)14-16-2-7-17(8-3-16)21(22)25/h2-5,7-8,11-12,18H,6,9-10,13-14H2,1H3,(H2,22,25). The molecule has 2 amide bonds. The van der Waals surface area contributed by atoms with E-state index in [4.69, 9.17) is 10.5 Å². The average Bonchev–Trinajstić information content (AvgIpc) is 3.50. The number of primary amides is 1. The summed E-state index contributed by atoms with van der Waals surface area (Å²) in [7, 11) is 1.64. The van der Waals surface area contributed by atoms with Crippen molar-refractivity contribution >= 4 is 11.8 Å². The maximum Gasteiger partial charge on any atom is 0.248 e.